The molecule has 4 rings (SSSR count). The number of alkyl halides is 1. The molecular formula is C33H37F4N3O4. The van der Waals surface area contributed by atoms with E-state index in [1.807, 2.05) is 4.90 Å². The zero-order valence-electron chi connectivity index (χ0n) is 25.2. The third-order valence-electron chi connectivity index (χ3n) is 8.03. The minimum atomic E-state index is -1.33. The van der Waals surface area contributed by atoms with Gasteiger partial charge < -0.3 is 15.0 Å². The predicted octanol–water partition coefficient (Wildman–Crippen LogP) is 5.73. The minimum Gasteiger partial charge on any atom is -0.481 e. The summed E-state index contributed by atoms with van der Waals surface area (Å²) in [7, 11) is 0. The van der Waals surface area contributed by atoms with Gasteiger partial charge in [-0.2, -0.15) is 0 Å². The summed E-state index contributed by atoms with van der Waals surface area (Å²) >= 11 is 0. The van der Waals surface area contributed by atoms with E-state index >= 15 is 4.39 Å². The number of amides is 1. The quantitative estimate of drug-likeness (QED) is 0.254. The van der Waals surface area contributed by atoms with Gasteiger partial charge in [-0.25, -0.2) is 17.6 Å². The van der Waals surface area contributed by atoms with Gasteiger partial charge in [0, 0.05) is 31.4 Å². The lowest BCUT2D eigenvalue weighted by atomic mass is 9.90. The Morgan fingerprint density at radius 3 is 2.27 bits per heavy atom. The van der Waals surface area contributed by atoms with E-state index in [2.05, 4.69) is 5.32 Å². The topological polar surface area (TPSA) is 91.6 Å². The molecule has 1 saturated heterocycles. The SMILES string of the molecule is CCCC(C(=O)NC(CC(=O)O)c1cc(-c2c(C)cc(F)cc2C)cc(C)c1F)n1cc(CCN2CC(F)C2)cc(F)c1=O. The summed E-state index contributed by atoms with van der Waals surface area (Å²) in [6.45, 7) is 7.72. The number of aromatic nitrogens is 1. The van der Waals surface area contributed by atoms with E-state index in [0.717, 1.165) is 10.6 Å². The van der Waals surface area contributed by atoms with E-state index in [-0.39, 0.29) is 30.6 Å². The zero-order valence-corrected chi connectivity index (χ0v) is 25.2. The van der Waals surface area contributed by atoms with Gasteiger partial charge in [0.25, 0.3) is 5.56 Å². The van der Waals surface area contributed by atoms with E-state index < -0.39 is 59.6 Å². The molecule has 2 aromatic carbocycles. The molecule has 2 heterocycles. The average molecular weight is 616 g/mol. The molecule has 0 aliphatic carbocycles. The molecule has 2 N–H and O–H groups in total. The first-order chi connectivity index (χ1) is 20.8. The number of carbonyl (C=O) groups excluding carboxylic acids is 1. The number of pyridine rings is 1. The van der Waals surface area contributed by atoms with Gasteiger partial charge in [-0.3, -0.25) is 19.3 Å². The number of likely N-dealkylation sites (tertiary alicyclic amines) is 1. The first-order valence-corrected chi connectivity index (χ1v) is 14.6. The highest BCUT2D eigenvalue weighted by Crippen LogP contribution is 2.34. The molecule has 1 aliphatic rings. The second-order valence-corrected chi connectivity index (χ2v) is 11.6. The van der Waals surface area contributed by atoms with E-state index in [4.69, 9.17) is 0 Å². The Morgan fingerprint density at radius 2 is 1.68 bits per heavy atom. The standard InChI is InChI=1S/C33H37F4N3O4/c1-5-6-28(40-15-21(12-26(36)33(40)44)7-8-39-16-24(35)17-39)32(43)38-27(14-29(41)42)25-13-22(9-20(4)31(25)37)30-18(2)10-23(34)11-19(30)3/h9-13,15,24,27-28H,5-8,14,16-17H2,1-4H3,(H,38,43)(H,41,42). The second-order valence-electron chi connectivity index (χ2n) is 11.6. The fourth-order valence-electron chi connectivity index (χ4n) is 5.88. The number of rotatable bonds is 12. The second kappa shape index (κ2) is 13.8. The number of carbonyl (C=O) groups is 2. The predicted molar refractivity (Wildman–Crippen MR) is 159 cm³/mol. The van der Waals surface area contributed by atoms with Crippen LogP contribution < -0.4 is 10.9 Å². The Balaban J connectivity index is 1.70. The molecule has 3 aromatic rings. The average Bonchev–Trinajstić information content (AvgIpc) is 2.91. The monoisotopic (exact) mass is 615 g/mol. The third kappa shape index (κ3) is 7.38. The zero-order chi connectivity index (χ0) is 32.3. The van der Waals surface area contributed by atoms with E-state index in [0.29, 0.717) is 47.2 Å². The number of halogens is 4. The molecule has 2 unspecified atom stereocenters. The van der Waals surface area contributed by atoms with Crippen molar-refractivity contribution in [3.8, 4) is 11.1 Å². The number of hydrogen-bond acceptors (Lipinski definition) is 4. The molecule has 0 spiro atoms. The van der Waals surface area contributed by atoms with Crippen LogP contribution in [0.1, 0.15) is 66.1 Å². The van der Waals surface area contributed by atoms with Gasteiger partial charge >= 0.3 is 5.97 Å². The minimum absolute atomic E-state index is 0.0814. The van der Waals surface area contributed by atoms with E-state index in [1.54, 1.807) is 26.8 Å². The number of hydrogen-bond donors (Lipinski definition) is 2. The smallest absolute Gasteiger partial charge is 0.305 e. The highest BCUT2D eigenvalue weighted by Gasteiger charge is 2.30. The van der Waals surface area contributed by atoms with Gasteiger partial charge in [0.15, 0.2) is 5.82 Å². The number of carboxylic acid groups (broad SMARTS) is 1. The van der Waals surface area contributed by atoms with Crippen molar-refractivity contribution in [2.24, 2.45) is 0 Å². The Morgan fingerprint density at radius 1 is 1.02 bits per heavy atom. The number of nitrogens with one attached hydrogen (secondary N) is 1. The summed E-state index contributed by atoms with van der Waals surface area (Å²) in [6, 6.07) is 4.28. The van der Waals surface area contributed by atoms with Crippen LogP contribution in [0.5, 0.6) is 0 Å². The molecule has 1 amide bonds. The fourth-order valence-corrected chi connectivity index (χ4v) is 5.88. The van der Waals surface area contributed by atoms with Gasteiger partial charge in [0.1, 0.15) is 23.8 Å². The number of nitrogens with zero attached hydrogens (tertiary/aromatic N) is 2. The maximum absolute atomic E-state index is 15.6. The van der Waals surface area contributed by atoms with Crippen LogP contribution in [-0.4, -0.2) is 52.3 Å². The van der Waals surface area contributed by atoms with Gasteiger partial charge in [0.05, 0.1) is 12.5 Å². The van der Waals surface area contributed by atoms with Gasteiger partial charge in [-0.15, -0.1) is 0 Å². The number of carboxylic acids is 1. The van der Waals surface area contributed by atoms with Crippen molar-refractivity contribution >= 4 is 11.9 Å². The summed E-state index contributed by atoms with van der Waals surface area (Å²) < 4.78 is 58.6. The maximum Gasteiger partial charge on any atom is 0.305 e. The lowest BCUT2D eigenvalue weighted by Gasteiger charge is -2.34. The van der Waals surface area contributed by atoms with Crippen molar-refractivity contribution in [3.05, 3.63) is 92.2 Å². The summed E-state index contributed by atoms with van der Waals surface area (Å²) in [5.41, 5.74) is 1.91. The maximum atomic E-state index is 15.6. The first kappa shape index (κ1) is 32.9. The molecule has 1 aromatic heterocycles. The molecule has 44 heavy (non-hydrogen) atoms. The lowest BCUT2D eigenvalue weighted by Crippen LogP contribution is -2.49. The molecule has 0 saturated carbocycles. The van der Waals surface area contributed by atoms with E-state index in [1.165, 1.54) is 31.3 Å². The van der Waals surface area contributed by atoms with Crippen LogP contribution in [0.15, 0.2) is 41.3 Å². The Kier molecular flexibility index (Phi) is 10.3. The molecule has 0 bridgehead atoms. The van der Waals surface area contributed by atoms with Crippen molar-refractivity contribution in [2.75, 3.05) is 19.6 Å². The van der Waals surface area contributed by atoms with Gasteiger partial charge in [-0.1, -0.05) is 13.3 Å². The molecule has 0 radical (unpaired) electrons. The number of benzene rings is 2. The third-order valence-corrected chi connectivity index (χ3v) is 8.03. The van der Waals surface area contributed by atoms with E-state index in [9.17, 15) is 32.7 Å². The number of aliphatic carboxylic acids is 1. The van der Waals surface area contributed by atoms with Crippen LogP contribution in [-0.2, 0) is 16.0 Å². The van der Waals surface area contributed by atoms with Crippen LogP contribution in [0.2, 0.25) is 0 Å². The Hall–Kier alpha value is -3.99. The fraction of sp³-hybridized carbons (Fsp3) is 0.424. The largest absolute Gasteiger partial charge is 0.481 e. The normalized spacial score (nSPS) is 15.1. The molecule has 1 aliphatic heterocycles. The summed E-state index contributed by atoms with van der Waals surface area (Å²) in [6.07, 6.45) is 0.717. The van der Waals surface area contributed by atoms with Gasteiger partial charge in [-0.05, 0) is 97.3 Å². The molecule has 7 nitrogen and oxygen atoms in total. The molecule has 11 heteroatoms. The van der Waals surface area contributed by atoms with Crippen LogP contribution in [0.4, 0.5) is 17.6 Å². The molecule has 2 atom stereocenters. The van der Waals surface area contributed by atoms with Crippen molar-refractivity contribution in [3.63, 3.8) is 0 Å². The Bertz CT molecular complexity index is 1590. The Labute approximate surface area is 253 Å². The summed E-state index contributed by atoms with van der Waals surface area (Å²) in [5, 5.41) is 12.3. The van der Waals surface area contributed by atoms with Crippen LogP contribution in [0.3, 0.4) is 0 Å². The molecule has 236 valence electrons. The van der Waals surface area contributed by atoms with Crippen LogP contribution in [0, 0.1) is 38.2 Å². The van der Waals surface area contributed by atoms with Crippen molar-refractivity contribution < 1.29 is 32.3 Å². The van der Waals surface area contributed by atoms with Crippen LogP contribution >= 0.6 is 0 Å². The summed E-state index contributed by atoms with van der Waals surface area (Å²) in [4.78, 5) is 40.4. The first-order valence-electron chi connectivity index (χ1n) is 14.6. The van der Waals surface area contributed by atoms with Crippen molar-refractivity contribution in [1.29, 1.82) is 0 Å². The van der Waals surface area contributed by atoms with Crippen molar-refractivity contribution in [2.45, 2.75) is 71.6 Å². The number of aryl methyl sites for hydroxylation is 3. The van der Waals surface area contributed by atoms with Gasteiger partial charge in [0.2, 0.25) is 5.91 Å². The highest BCUT2D eigenvalue weighted by atomic mass is 19.1. The van der Waals surface area contributed by atoms with Crippen molar-refractivity contribution in [1.82, 2.24) is 14.8 Å². The van der Waals surface area contributed by atoms with Crippen LogP contribution in [0.25, 0.3) is 11.1 Å². The highest BCUT2D eigenvalue weighted by molar-refractivity contribution is 5.82. The molecule has 1 fully saturated rings. The lowest BCUT2D eigenvalue weighted by molar-refractivity contribution is -0.138. The summed E-state index contributed by atoms with van der Waals surface area (Å²) in [5.74, 6) is -4.26. The molecular weight excluding hydrogens is 578 g/mol.